The van der Waals surface area contributed by atoms with E-state index < -0.39 is 0 Å². The summed E-state index contributed by atoms with van der Waals surface area (Å²) in [4.78, 5) is 13.1. The van der Waals surface area contributed by atoms with Crippen LogP contribution in [0.4, 0.5) is 0 Å². The van der Waals surface area contributed by atoms with Crippen LogP contribution < -0.4 is 5.32 Å². The third-order valence-electron chi connectivity index (χ3n) is 6.67. The fourth-order valence-electron chi connectivity index (χ4n) is 4.73. The Balaban J connectivity index is 1.35. The number of carbonyl (C=O) groups is 1. The topological polar surface area (TPSA) is 34.0 Å². The minimum Gasteiger partial charge on any atom is -0.345 e. The molecular weight excluding hydrogens is 428 g/mol. The predicted molar refractivity (Wildman–Crippen MR) is 145 cm³/mol. The van der Waals surface area contributed by atoms with Crippen molar-refractivity contribution in [3.8, 4) is 11.1 Å². The summed E-state index contributed by atoms with van der Waals surface area (Å²) in [6, 6.07) is 35.4. The molecule has 0 fully saturated rings. The highest BCUT2D eigenvalue weighted by Gasteiger charge is 2.16. The lowest BCUT2D eigenvalue weighted by molar-refractivity contribution is 0.0935. The number of amides is 1. The molecule has 4 aromatic carbocycles. The molecular formula is C32H30N2O. The van der Waals surface area contributed by atoms with Crippen LogP contribution in [0.5, 0.6) is 0 Å². The van der Waals surface area contributed by atoms with Crippen molar-refractivity contribution >= 4 is 16.8 Å². The lowest BCUT2D eigenvalue weighted by atomic mass is 10.0. The van der Waals surface area contributed by atoms with Gasteiger partial charge < -0.3 is 9.88 Å². The van der Waals surface area contributed by atoms with Crippen LogP contribution in [0, 0.1) is 6.92 Å². The molecule has 0 saturated carbocycles. The number of aromatic nitrogens is 1. The van der Waals surface area contributed by atoms with Crippen LogP contribution in [-0.2, 0) is 6.54 Å². The fraction of sp³-hybridized carbons (Fsp3) is 0.156. The molecule has 0 saturated heterocycles. The van der Waals surface area contributed by atoms with E-state index in [9.17, 15) is 4.79 Å². The Morgan fingerprint density at radius 2 is 1.49 bits per heavy atom. The fourth-order valence-corrected chi connectivity index (χ4v) is 4.73. The lowest BCUT2D eigenvalue weighted by Gasteiger charge is -2.17. The molecule has 0 aliphatic carbocycles. The van der Waals surface area contributed by atoms with E-state index in [1.165, 1.54) is 22.3 Å². The summed E-state index contributed by atoms with van der Waals surface area (Å²) in [5, 5.41) is 4.32. The van der Waals surface area contributed by atoms with Gasteiger partial charge in [-0.1, -0.05) is 91.9 Å². The van der Waals surface area contributed by atoms with Gasteiger partial charge in [0.2, 0.25) is 0 Å². The zero-order valence-corrected chi connectivity index (χ0v) is 20.2. The van der Waals surface area contributed by atoms with Crippen molar-refractivity contribution < 1.29 is 4.79 Å². The smallest absolute Gasteiger partial charge is 0.251 e. The lowest BCUT2D eigenvalue weighted by Crippen LogP contribution is -2.28. The molecule has 1 N–H and O–H groups in total. The van der Waals surface area contributed by atoms with Crippen molar-refractivity contribution in [3.63, 3.8) is 0 Å². The molecule has 35 heavy (non-hydrogen) atoms. The van der Waals surface area contributed by atoms with Gasteiger partial charge in [-0.05, 0) is 59.4 Å². The van der Waals surface area contributed by atoms with Crippen molar-refractivity contribution in [2.24, 2.45) is 0 Å². The first kappa shape index (κ1) is 22.7. The number of rotatable bonds is 7. The van der Waals surface area contributed by atoms with Gasteiger partial charge in [0, 0.05) is 29.2 Å². The van der Waals surface area contributed by atoms with Gasteiger partial charge in [0.1, 0.15) is 0 Å². The van der Waals surface area contributed by atoms with E-state index in [4.69, 9.17) is 0 Å². The summed E-state index contributed by atoms with van der Waals surface area (Å²) in [6.07, 6.45) is 3.02. The van der Waals surface area contributed by atoms with Crippen LogP contribution in [0.15, 0.2) is 109 Å². The SMILES string of the molecule is CCC(NC(=O)c1ccc2c(c1)c(C)cn2Cc1ccc(-c2ccccc2)cc1)c1ccccc1. The Kier molecular flexibility index (Phi) is 6.49. The summed E-state index contributed by atoms with van der Waals surface area (Å²) < 4.78 is 2.27. The maximum Gasteiger partial charge on any atom is 0.251 e. The van der Waals surface area contributed by atoms with Gasteiger partial charge in [-0.2, -0.15) is 0 Å². The Labute approximate surface area is 207 Å². The van der Waals surface area contributed by atoms with Gasteiger partial charge in [-0.25, -0.2) is 0 Å². The van der Waals surface area contributed by atoms with Gasteiger partial charge in [-0.15, -0.1) is 0 Å². The number of nitrogens with one attached hydrogen (secondary N) is 1. The number of fused-ring (bicyclic) bond motifs is 1. The number of benzene rings is 4. The number of nitrogens with zero attached hydrogens (tertiary/aromatic N) is 1. The molecule has 0 spiro atoms. The Bertz CT molecular complexity index is 1430. The van der Waals surface area contributed by atoms with Crippen molar-refractivity contribution in [1.29, 1.82) is 0 Å². The first-order valence-corrected chi connectivity index (χ1v) is 12.2. The highest BCUT2D eigenvalue weighted by molar-refractivity contribution is 5.99. The van der Waals surface area contributed by atoms with Crippen molar-refractivity contribution in [2.45, 2.75) is 32.9 Å². The summed E-state index contributed by atoms with van der Waals surface area (Å²) in [5.74, 6) is -0.0359. The quantitative estimate of drug-likeness (QED) is 0.268. The number of hydrogen-bond acceptors (Lipinski definition) is 1. The van der Waals surface area contributed by atoms with Gasteiger partial charge in [0.25, 0.3) is 5.91 Å². The van der Waals surface area contributed by atoms with Crippen LogP contribution in [0.25, 0.3) is 22.0 Å². The Morgan fingerprint density at radius 1 is 0.829 bits per heavy atom. The molecule has 5 rings (SSSR count). The van der Waals surface area contributed by atoms with Gasteiger partial charge >= 0.3 is 0 Å². The minimum absolute atomic E-state index is 0.00366. The second-order valence-electron chi connectivity index (χ2n) is 9.08. The number of aryl methyl sites for hydroxylation is 1. The predicted octanol–water partition coefficient (Wildman–Crippen LogP) is 7.55. The van der Waals surface area contributed by atoms with Crippen molar-refractivity contribution in [2.75, 3.05) is 0 Å². The molecule has 0 bridgehead atoms. The maximum atomic E-state index is 13.1. The van der Waals surface area contributed by atoms with Crippen LogP contribution in [0.1, 0.15) is 46.4 Å². The molecule has 0 aliphatic heterocycles. The number of carbonyl (C=O) groups excluding carboxylic acids is 1. The second kappa shape index (κ2) is 10.0. The van der Waals surface area contributed by atoms with E-state index in [1.54, 1.807) is 0 Å². The zero-order chi connectivity index (χ0) is 24.2. The largest absolute Gasteiger partial charge is 0.345 e. The number of hydrogen-bond donors (Lipinski definition) is 1. The monoisotopic (exact) mass is 458 g/mol. The molecule has 5 aromatic rings. The van der Waals surface area contributed by atoms with Crippen LogP contribution in [-0.4, -0.2) is 10.5 Å². The van der Waals surface area contributed by atoms with Gasteiger partial charge in [0.15, 0.2) is 0 Å². The molecule has 0 aliphatic rings. The molecule has 1 amide bonds. The normalized spacial score (nSPS) is 11.9. The van der Waals surface area contributed by atoms with Crippen LogP contribution >= 0.6 is 0 Å². The molecule has 1 unspecified atom stereocenters. The molecule has 174 valence electrons. The van der Waals surface area contributed by atoms with Gasteiger partial charge in [0.05, 0.1) is 6.04 Å². The first-order valence-electron chi connectivity index (χ1n) is 12.2. The van der Waals surface area contributed by atoms with E-state index in [0.29, 0.717) is 5.56 Å². The van der Waals surface area contributed by atoms with E-state index in [0.717, 1.165) is 29.4 Å². The summed E-state index contributed by atoms with van der Waals surface area (Å²) >= 11 is 0. The molecule has 1 aromatic heterocycles. The third kappa shape index (κ3) is 4.90. The molecule has 3 heteroatoms. The standard InChI is InChI=1S/C32H30N2O/c1-3-30(27-12-8-5-9-13-27)33-32(35)28-18-19-31-29(20-28)23(2)21-34(31)22-24-14-16-26(17-15-24)25-10-6-4-7-11-25/h4-21,30H,3,22H2,1-2H3,(H,33,35). The van der Waals surface area contributed by atoms with Crippen LogP contribution in [0.2, 0.25) is 0 Å². The summed E-state index contributed by atoms with van der Waals surface area (Å²) in [6.45, 7) is 4.99. The maximum absolute atomic E-state index is 13.1. The van der Waals surface area contributed by atoms with E-state index in [-0.39, 0.29) is 11.9 Å². The van der Waals surface area contributed by atoms with Crippen LogP contribution in [0.3, 0.4) is 0 Å². The first-order chi connectivity index (χ1) is 17.1. The average Bonchev–Trinajstić information content (AvgIpc) is 3.22. The molecule has 3 nitrogen and oxygen atoms in total. The van der Waals surface area contributed by atoms with Crippen molar-refractivity contribution in [1.82, 2.24) is 9.88 Å². The molecule has 0 radical (unpaired) electrons. The highest BCUT2D eigenvalue weighted by atomic mass is 16.1. The Morgan fingerprint density at radius 3 is 2.17 bits per heavy atom. The van der Waals surface area contributed by atoms with E-state index in [1.807, 2.05) is 36.4 Å². The van der Waals surface area contributed by atoms with Gasteiger partial charge in [-0.3, -0.25) is 4.79 Å². The molecule has 1 heterocycles. The van der Waals surface area contributed by atoms with Crippen molar-refractivity contribution in [3.05, 3.63) is 132 Å². The summed E-state index contributed by atoms with van der Waals surface area (Å²) in [7, 11) is 0. The second-order valence-corrected chi connectivity index (χ2v) is 9.08. The van der Waals surface area contributed by atoms with E-state index >= 15 is 0 Å². The molecule has 1 atom stereocenters. The van der Waals surface area contributed by atoms with E-state index in [2.05, 4.69) is 96.7 Å². The summed E-state index contributed by atoms with van der Waals surface area (Å²) in [5.41, 5.74) is 7.83. The third-order valence-corrected chi connectivity index (χ3v) is 6.67. The zero-order valence-electron chi connectivity index (χ0n) is 20.2. The average molecular weight is 459 g/mol. The Hall–Kier alpha value is -4.11. The minimum atomic E-state index is -0.0359. The highest BCUT2D eigenvalue weighted by Crippen LogP contribution is 2.25.